The molecule has 1 aromatic carbocycles. The Morgan fingerprint density at radius 2 is 1.88 bits per heavy atom. The summed E-state index contributed by atoms with van der Waals surface area (Å²) in [6, 6.07) is 7.99. The number of aromatic nitrogens is 2. The third-order valence-corrected chi connectivity index (χ3v) is 8.62. The van der Waals surface area contributed by atoms with E-state index in [4.69, 9.17) is 0 Å². The number of fused-ring (bicyclic) bond motifs is 1. The van der Waals surface area contributed by atoms with E-state index in [9.17, 15) is 22.8 Å². The standard InChI is InChI=1S/C23H28BrF3N4O2S/c1-21(2,3)34(33)30-18-15-7-5-4-6-14(15)12-22(18)8-10-31(11-9-22)20-17(19(32)23(25,26)27)29-16(24)13-28-20/h4-7,13,18-19,30,32H,8-12H2,1-3H3/t18-,19?,34?/m1/s1. The molecule has 186 valence electrons. The monoisotopic (exact) mass is 560 g/mol. The average molecular weight is 561 g/mol. The van der Waals surface area contributed by atoms with Gasteiger partial charge in [-0.1, -0.05) is 24.3 Å². The van der Waals surface area contributed by atoms with Gasteiger partial charge in [0.2, 0.25) is 0 Å². The summed E-state index contributed by atoms with van der Waals surface area (Å²) in [5.41, 5.74) is 1.62. The molecule has 1 fully saturated rings. The van der Waals surface area contributed by atoms with Crippen molar-refractivity contribution in [2.45, 2.75) is 63.1 Å². The van der Waals surface area contributed by atoms with Crippen LogP contribution in [0.25, 0.3) is 0 Å². The normalized spacial score (nSPS) is 22.0. The molecule has 11 heteroatoms. The topological polar surface area (TPSA) is 84.3 Å². The molecule has 2 aromatic rings. The van der Waals surface area contributed by atoms with Gasteiger partial charge in [0.25, 0.3) is 0 Å². The molecule has 6 nitrogen and oxygen atoms in total. The van der Waals surface area contributed by atoms with Crippen LogP contribution >= 0.6 is 15.9 Å². The van der Waals surface area contributed by atoms with Gasteiger partial charge in [0.1, 0.15) is 15.0 Å². The van der Waals surface area contributed by atoms with Crippen molar-refractivity contribution in [1.82, 2.24) is 14.7 Å². The van der Waals surface area contributed by atoms with Crippen LogP contribution in [-0.4, -0.2) is 43.6 Å². The molecule has 0 amide bonds. The van der Waals surface area contributed by atoms with Crippen molar-refractivity contribution in [2.75, 3.05) is 18.0 Å². The largest absolute Gasteiger partial charge is 0.598 e. The highest BCUT2D eigenvalue weighted by molar-refractivity contribution is 9.10. The van der Waals surface area contributed by atoms with Crippen LogP contribution in [0.2, 0.25) is 0 Å². The Hall–Kier alpha value is -1.40. The molecule has 0 saturated carbocycles. The minimum atomic E-state index is -4.85. The van der Waals surface area contributed by atoms with Crippen molar-refractivity contribution in [3.8, 4) is 0 Å². The van der Waals surface area contributed by atoms with Gasteiger partial charge in [-0.25, -0.2) is 9.97 Å². The van der Waals surface area contributed by atoms with Gasteiger partial charge in [0, 0.05) is 29.9 Å². The van der Waals surface area contributed by atoms with Crippen molar-refractivity contribution in [2.24, 2.45) is 5.41 Å². The molecule has 2 unspecified atom stereocenters. The zero-order chi connectivity index (χ0) is 24.9. The Labute approximate surface area is 208 Å². The Morgan fingerprint density at radius 1 is 1.24 bits per heavy atom. The molecule has 2 heterocycles. The Kier molecular flexibility index (Phi) is 6.98. The summed E-state index contributed by atoms with van der Waals surface area (Å²) in [7, 11) is 0. The van der Waals surface area contributed by atoms with Crippen molar-refractivity contribution < 1.29 is 22.8 Å². The van der Waals surface area contributed by atoms with Crippen molar-refractivity contribution in [1.29, 1.82) is 0 Å². The van der Waals surface area contributed by atoms with Crippen LogP contribution in [-0.2, 0) is 17.8 Å². The molecular weight excluding hydrogens is 533 g/mol. The van der Waals surface area contributed by atoms with E-state index in [0.29, 0.717) is 25.9 Å². The minimum Gasteiger partial charge on any atom is -0.598 e. The van der Waals surface area contributed by atoms with Crippen LogP contribution in [0.1, 0.15) is 62.6 Å². The zero-order valence-electron chi connectivity index (χ0n) is 19.2. The number of hydrogen-bond acceptors (Lipinski definition) is 6. The van der Waals surface area contributed by atoms with Crippen LogP contribution in [0.4, 0.5) is 19.0 Å². The van der Waals surface area contributed by atoms with Crippen LogP contribution in [0.5, 0.6) is 0 Å². The third kappa shape index (κ3) is 4.95. The second kappa shape index (κ2) is 9.24. The summed E-state index contributed by atoms with van der Waals surface area (Å²) in [6.07, 6.45) is -4.09. The van der Waals surface area contributed by atoms with Gasteiger partial charge in [-0.2, -0.15) is 13.2 Å². The number of nitrogens with one attached hydrogen (secondary N) is 1. The Bertz CT molecular complexity index is 1040. The van der Waals surface area contributed by atoms with Gasteiger partial charge in [0.05, 0.1) is 12.2 Å². The molecular formula is C23H28BrF3N4O2S. The van der Waals surface area contributed by atoms with Crippen molar-refractivity contribution >= 4 is 33.1 Å². The molecule has 2 N–H and O–H groups in total. The van der Waals surface area contributed by atoms with E-state index in [0.717, 1.165) is 12.0 Å². The SMILES string of the molecule is CC(C)(C)[S+]([O-])N[C@@H]1c2ccccc2CC12CCN(c1ncc(Br)nc1C(O)C(F)(F)F)CC2. The highest BCUT2D eigenvalue weighted by atomic mass is 79.9. The molecule has 0 bridgehead atoms. The number of alkyl halides is 3. The van der Waals surface area contributed by atoms with Crippen molar-refractivity contribution in [3.05, 3.63) is 51.9 Å². The lowest BCUT2D eigenvalue weighted by atomic mass is 9.73. The summed E-state index contributed by atoms with van der Waals surface area (Å²) in [5, 5.41) is 9.91. The quantitative estimate of drug-likeness (QED) is 0.524. The van der Waals surface area contributed by atoms with E-state index in [1.54, 1.807) is 4.90 Å². The Morgan fingerprint density at radius 3 is 2.50 bits per heavy atom. The predicted molar refractivity (Wildman–Crippen MR) is 129 cm³/mol. The lowest BCUT2D eigenvalue weighted by Crippen LogP contribution is -2.50. The van der Waals surface area contributed by atoms with Crippen LogP contribution in [0.15, 0.2) is 35.1 Å². The van der Waals surface area contributed by atoms with Gasteiger partial charge in [-0.15, -0.1) is 4.72 Å². The second-order valence-corrected chi connectivity index (χ2v) is 12.8. The summed E-state index contributed by atoms with van der Waals surface area (Å²) in [4.78, 5) is 9.85. The summed E-state index contributed by atoms with van der Waals surface area (Å²) < 4.78 is 55.9. The number of anilines is 1. The molecule has 1 aliphatic heterocycles. The van der Waals surface area contributed by atoms with Gasteiger partial charge in [-0.3, -0.25) is 0 Å². The number of halogens is 4. The second-order valence-electron chi connectivity index (χ2n) is 10.0. The maximum absolute atomic E-state index is 13.3. The van der Waals surface area contributed by atoms with Gasteiger partial charge in [-0.05, 0) is 67.1 Å². The number of benzene rings is 1. The third-order valence-electron chi connectivity index (χ3n) is 6.68. The lowest BCUT2D eigenvalue weighted by molar-refractivity contribution is -0.207. The summed E-state index contributed by atoms with van der Waals surface area (Å²) in [6.45, 7) is 6.66. The maximum atomic E-state index is 13.3. The predicted octanol–water partition coefficient (Wildman–Crippen LogP) is 4.77. The number of nitrogens with zero attached hydrogens (tertiary/aromatic N) is 3. The molecule has 1 aromatic heterocycles. The van der Waals surface area contributed by atoms with Crippen LogP contribution < -0.4 is 9.62 Å². The van der Waals surface area contributed by atoms with Crippen LogP contribution in [0.3, 0.4) is 0 Å². The van der Waals surface area contributed by atoms with Crippen LogP contribution in [0, 0.1) is 5.41 Å². The molecule has 34 heavy (non-hydrogen) atoms. The highest BCUT2D eigenvalue weighted by Gasteiger charge is 2.51. The van der Waals surface area contributed by atoms with Gasteiger partial charge in [0.15, 0.2) is 11.9 Å². The first-order valence-electron chi connectivity index (χ1n) is 11.1. The Balaban J connectivity index is 1.60. The number of rotatable bonds is 4. The smallest absolute Gasteiger partial charge is 0.420 e. The van der Waals surface area contributed by atoms with E-state index in [-0.39, 0.29) is 21.9 Å². The first-order chi connectivity index (χ1) is 15.8. The van der Waals surface area contributed by atoms with E-state index >= 15 is 0 Å². The van der Waals surface area contributed by atoms with E-state index in [2.05, 4.69) is 42.8 Å². The first-order valence-corrected chi connectivity index (χ1v) is 13.0. The lowest BCUT2D eigenvalue weighted by Gasteiger charge is -2.44. The van der Waals surface area contributed by atoms with Crippen molar-refractivity contribution in [3.63, 3.8) is 0 Å². The number of hydrogen-bond donors (Lipinski definition) is 2. The van der Waals surface area contributed by atoms with E-state index in [1.165, 1.54) is 11.8 Å². The first kappa shape index (κ1) is 25.7. The molecule has 1 saturated heterocycles. The molecule has 3 atom stereocenters. The summed E-state index contributed by atoms with van der Waals surface area (Å²) >= 11 is 1.78. The molecule has 0 radical (unpaired) electrons. The van der Waals surface area contributed by atoms with E-state index in [1.807, 2.05) is 32.9 Å². The van der Waals surface area contributed by atoms with E-state index < -0.39 is 34.1 Å². The average Bonchev–Trinajstić information content (AvgIpc) is 3.05. The fourth-order valence-electron chi connectivity index (χ4n) is 4.85. The fourth-order valence-corrected chi connectivity index (χ4v) is 6.08. The minimum absolute atomic E-state index is 0.0427. The zero-order valence-corrected chi connectivity index (χ0v) is 21.6. The van der Waals surface area contributed by atoms with Gasteiger partial charge < -0.3 is 14.6 Å². The number of aliphatic hydroxyl groups is 1. The summed E-state index contributed by atoms with van der Waals surface area (Å²) in [5.74, 6) is 0.0427. The maximum Gasteiger partial charge on any atom is 0.420 e. The molecule has 4 rings (SSSR count). The fraction of sp³-hybridized carbons (Fsp3) is 0.565. The number of piperidine rings is 1. The molecule has 1 aliphatic carbocycles. The molecule has 2 aliphatic rings. The highest BCUT2D eigenvalue weighted by Crippen LogP contribution is 2.53. The molecule has 1 spiro atoms. The number of aliphatic hydroxyl groups excluding tert-OH is 1. The van der Waals surface area contributed by atoms with Gasteiger partial charge >= 0.3 is 6.18 Å².